The maximum absolute atomic E-state index is 12.4. The van der Waals surface area contributed by atoms with E-state index in [0.717, 1.165) is 56.5 Å². The first kappa shape index (κ1) is 16.3. The first-order valence-electron chi connectivity index (χ1n) is 9.15. The number of rotatable bonds is 5. The lowest BCUT2D eigenvalue weighted by molar-refractivity contribution is -0.116. The van der Waals surface area contributed by atoms with Crippen LogP contribution in [0, 0.1) is 6.92 Å². The standard InChI is InChI=1S/C17H25N7O/c1-13-20-21-16-12-22(10-11-23(13)16)9-7-17(25)19-15-6-8-18-24(15)14-4-2-3-5-14/h6,8,14H,2-5,7,9-12H2,1H3,(H,19,25). The lowest BCUT2D eigenvalue weighted by atomic mass is 10.2. The second-order valence-corrected chi connectivity index (χ2v) is 6.99. The Balaban J connectivity index is 1.29. The van der Waals surface area contributed by atoms with Crippen molar-refractivity contribution in [2.24, 2.45) is 0 Å². The molecule has 25 heavy (non-hydrogen) atoms. The number of hydrogen-bond acceptors (Lipinski definition) is 5. The number of carbonyl (C=O) groups excluding carboxylic acids is 1. The summed E-state index contributed by atoms with van der Waals surface area (Å²) in [6.45, 7) is 5.29. The zero-order valence-electron chi connectivity index (χ0n) is 14.7. The summed E-state index contributed by atoms with van der Waals surface area (Å²) < 4.78 is 4.13. The number of aryl methyl sites for hydroxylation is 1. The number of nitrogens with one attached hydrogen (secondary N) is 1. The summed E-state index contributed by atoms with van der Waals surface area (Å²) in [5.41, 5.74) is 0. The molecule has 0 unspecified atom stereocenters. The third-order valence-electron chi connectivity index (χ3n) is 5.28. The van der Waals surface area contributed by atoms with Gasteiger partial charge in [0.1, 0.15) is 17.5 Å². The van der Waals surface area contributed by atoms with Gasteiger partial charge in [-0.1, -0.05) is 12.8 Å². The predicted octanol–water partition coefficient (Wildman–Crippen LogP) is 1.74. The van der Waals surface area contributed by atoms with Crippen molar-refractivity contribution in [1.82, 2.24) is 29.4 Å². The van der Waals surface area contributed by atoms with Crippen molar-refractivity contribution in [3.8, 4) is 0 Å². The molecule has 0 bridgehead atoms. The molecule has 3 heterocycles. The number of carbonyl (C=O) groups is 1. The van der Waals surface area contributed by atoms with Crippen molar-refractivity contribution >= 4 is 11.7 Å². The summed E-state index contributed by atoms with van der Waals surface area (Å²) >= 11 is 0. The SMILES string of the molecule is Cc1nnc2n1CCN(CCC(=O)Nc1ccnn1C1CCCC1)C2. The zero-order chi connectivity index (χ0) is 17.2. The van der Waals surface area contributed by atoms with Gasteiger partial charge in [-0.25, -0.2) is 4.68 Å². The van der Waals surface area contributed by atoms with Crippen molar-refractivity contribution < 1.29 is 4.79 Å². The number of nitrogens with zero attached hydrogens (tertiary/aromatic N) is 6. The Kier molecular flexibility index (Phi) is 4.52. The van der Waals surface area contributed by atoms with Crippen LogP contribution in [0.5, 0.6) is 0 Å². The molecule has 1 N–H and O–H groups in total. The molecule has 8 nitrogen and oxygen atoms in total. The topological polar surface area (TPSA) is 80.9 Å². The smallest absolute Gasteiger partial charge is 0.226 e. The van der Waals surface area contributed by atoms with Crippen molar-refractivity contribution in [3.05, 3.63) is 23.9 Å². The van der Waals surface area contributed by atoms with Crippen LogP contribution in [-0.4, -0.2) is 48.4 Å². The van der Waals surface area contributed by atoms with Gasteiger partial charge < -0.3 is 9.88 Å². The predicted molar refractivity (Wildman–Crippen MR) is 93.0 cm³/mol. The van der Waals surface area contributed by atoms with Crippen molar-refractivity contribution in [2.45, 2.75) is 58.2 Å². The maximum atomic E-state index is 12.4. The molecule has 1 fully saturated rings. The molecule has 0 saturated heterocycles. The largest absolute Gasteiger partial charge is 0.313 e. The van der Waals surface area contributed by atoms with Gasteiger partial charge in [0.25, 0.3) is 0 Å². The molecule has 4 rings (SSSR count). The third kappa shape index (κ3) is 3.44. The number of aromatic nitrogens is 5. The van der Waals surface area contributed by atoms with Crippen molar-refractivity contribution in [3.63, 3.8) is 0 Å². The molecule has 134 valence electrons. The van der Waals surface area contributed by atoms with E-state index in [2.05, 4.69) is 30.1 Å². The Morgan fingerprint density at radius 1 is 1.28 bits per heavy atom. The van der Waals surface area contributed by atoms with E-state index in [1.807, 2.05) is 17.7 Å². The van der Waals surface area contributed by atoms with E-state index < -0.39 is 0 Å². The minimum absolute atomic E-state index is 0.0444. The van der Waals surface area contributed by atoms with E-state index in [-0.39, 0.29) is 5.91 Å². The van der Waals surface area contributed by atoms with Crippen LogP contribution in [0.3, 0.4) is 0 Å². The van der Waals surface area contributed by atoms with Gasteiger partial charge in [0.05, 0.1) is 18.8 Å². The molecule has 0 atom stereocenters. The Labute approximate surface area is 147 Å². The number of fused-ring (bicyclic) bond motifs is 1. The van der Waals surface area contributed by atoms with Crippen LogP contribution in [0.4, 0.5) is 5.82 Å². The number of hydrogen-bond donors (Lipinski definition) is 1. The first-order valence-corrected chi connectivity index (χ1v) is 9.15. The van der Waals surface area contributed by atoms with E-state index in [9.17, 15) is 4.79 Å². The van der Waals surface area contributed by atoms with Crippen LogP contribution in [0.1, 0.15) is 49.8 Å². The van der Waals surface area contributed by atoms with Gasteiger partial charge >= 0.3 is 0 Å². The second-order valence-electron chi connectivity index (χ2n) is 6.99. The van der Waals surface area contributed by atoms with Gasteiger partial charge in [0.2, 0.25) is 5.91 Å². The molecule has 1 aliphatic carbocycles. The van der Waals surface area contributed by atoms with Crippen molar-refractivity contribution in [1.29, 1.82) is 0 Å². The van der Waals surface area contributed by atoms with Gasteiger partial charge in [0, 0.05) is 32.1 Å². The molecule has 2 aliphatic rings. The fourth-order valence-electron chi connectivity index (χ4n) is 3.86. The Hall–Kier alpha value is -2.22. The zero-order valence-corrected chi connectivity index (χ0v) is 14.7. The van der Waals surface area contributed by atoms with Crippen LogP contribution in [0.2, 0.25) is 0 Å². The summed E-state index contributed by atoms with van der Waals surface area (Å²) in [5, 5.41) is 15.8. The van der Waals surface area contributed by atoms with E-state index in [0.29, 0.717) is 12.5 Å². The van der Waals surface area contributed by atoms with Gasteiger partial charge in [-0.3, -0.25) is 9.69 Å². The van der Waals surface area contributed by atoms with Crippen LogP contribution in [0.15, 0.2) is 12.3 Å². The Morgan fingerprint density at radius 3 is 2.96 bits per heavy atom. The van der Waals surface area contributed by atoms with Crippen LogP contribution < -0.4 is 5.32 Å². The fraction of sp³-hybridized carbons (Fsp3) is 0.647. The number of amides is 1. The van der Waals surface area contributed by atoms with Crippen LogP contribution in [-0.2, 0) is 17.9 Å². The normalized spacial score (nSPS) is 18.4. The van der Waals surface area contributed by atoms with Gasteiger partial charge in [-0.05, 0) is 19.8 Å². The average molecular weight is 343 g/mol. The summed E-state index contributed by atoms with van der Waals surface area (Å²) in [6, 6.07) is 2.32. The van der Waals surface area contributed by atoms with E-state index in [1.165, 1.54) is 12.8 Å². The molecule has 0 radical (unpaired) electrons. The van der Waals surface area contributed by atoms with Gasteiger partial charge in [-0.15, -0.1) is 10.2 Å². The minimum Gasteiger partial charge on any atom is -0.313 e. The van der Waals surface area contributed by atoms with Gasteiger partial charge in [0.15, 0.2) is 0 Å². The Morgan fingerprint density at radius 2 is 2.12 bits per heavy atom. The van der Waals surface area contributed by atoms with E-state index >= 15 is 0 Å². The maximum Gasteiger partial charge on any atom is 0.226 e. The van der Waals surface area contributed by atoms with Crippen molar-refractivity contribution in [2.75, 3.05) is 18.4 Å². The summed E-state index contributed by atoms with van der Waals surface area (Å²) in [5.74, 6) is 2.82. The summed E-state index contributed by atoms with van der Waals surface area (Å²) in [4.78, 5) is 14.6. The van der Waals surface area contributed by atoms with Crippen LogP contribution >= 0.6 is 0 Å². The highest BCUT2D eigenvalue weighted by molar-refractivity contribution is 5.89. The second kappa shape index (κ2) is 6.95. The molecule has 8 heteroatoms. The van der Waals surface area contributed by atoms with Gasteiger partial charge in [-0.2, -0.15) is 5.10 Å². The summed E-state index contributed by atoms with van der Waals surface area (Å²) in [6.07, 6.45) is 7.04. The monoisotopic (exact) mass is 343 g/mol. The highest BCUT2D eigenvalue weighted by Gasteiger charge is 2.22. The van der Waals surface area contributed by atoms with Crippen LogP contribution in [0.25, 0.3) is 0 Å². The molecule has 0 spiro atoms. The quantitative estimate of drug-likeness (QED) is 0.894. The molecule has 1 saturated carbocycles. The lowest BCUT2D eigenvalue weighted by Crippen LogP contribution is -2.36. The third-order valence-corrected chi connectivity index (χ3v) is 5.28. The molecule has 1 aliphatic heterocycles. The van der Waals surface area contributed by atoms with E-state index in [1.54, 1.807) is 6.20 Å². The molecule has 0 aromatic carbocycles. The number of anilines is 1. The first-order chi connectivity index (χ1) is 12.2. The molecule has 2 aromatic heterocycles. The molecular formula is C17H25N7O. The molecule has 2 aromatic rings. The lowest BCUT2D eigenvalue weighted by Gasteiger charge is -2.27. The highest BCUT2D eigenvalue weighted by atomic mass is 16.1. The molecule has 1 amide bonds. The average Bonchev–Trinajstić information content (AvgIpc) is 3.34. The van der Waals surface area contributed by atoms with E-state index in [4.69, 9.17) is 0 Å². The molecular weight excluding hydrogens is 318 g/mol. The highest BCUT2D eigenvalue weighted by Crippen LogP contribution is 2.31. The fourth-order valence-corrected chi connectivity index (χ4v) is 3.86. The summed E-state index contributed by atoms with van der Waals surface area (Å²) in [7, 11) is 0. The Bertz CT molecular complexity index is 744. The minimum atomic E-state index is 0.0444.